The zero-order valence-corrected chi connectivity index (χ0v) is 23.1. The standard InChI is InChI=1S/C27H27BrN2O5S/c1-6-34-26(32)23-16(4)29-27-30(24(23)18-11-12-21(33-5)19(28)13-18)25(31)22(36-27)14-17-9-7-8-10-20(17)35-15(2)3/h7-15,24H,6H2,1-5H3/b22-14+/t24-/m1/s1. The quantitative estimate of drug-likeness (QED) is 0.394. The number of halogens is 1. The first kappa shape index (κ1) is 25.9. The molecule has 7 nitrogen and oxygen atoms in total. The van der Waals surface area contributed by atoms with Gasteiger partial charge in [-0.25, -0.2) is 9.79 Å². The maximum Gasteiger partial charge on any atom is 0.338 e. The Morgan fingerprint density at radius 1 is 1.22 bits per heavy atom. The summed E-state index contributed by atoms with van der Waals surface area (Å²) >= 11 is 4.80. The monoisotopic (exact) mass is 570 g/mol. The van der Waals surface area contributed by atoms with Gasteiger partial charge in [-0.05, 0) is 73.5 Å². The minimum atomic E-state index is -0.702. The van der Waals surface area contributed by atoms with Gasteiger partial charge in [0, 0.05) is 5.56 Å². The third-order valence-corrected chi connectivity index (χ3v) is 7.18. The minimum absolute atomic E-state index is 0.0101. The maximum absolute atomic E-state index is 13.8. The number of carbonyl (C=O) groups excluding carboxylic acids is 1. The lowest BCUT2D eigenvalue weighted by Gasteiger charge is -2.25. The third-order valence-electron chi connectivity index (χ3n) is 5.58. The number of hydrogen-bond acceptors (Lipinski definition) is 7. The van der Waals surface area contributed by atoms with Crippen molar-refractivity contribution in [2.24, 2.45) is 4.99 Å². The number of benzene rings is 2. The zero-order chi connectivity index (χ0) is 26.0. The summed E-state index contributed by atoms with van der Waals surface area (Å²) in [5.41, 5.74) is 2.13. The summed E-state index contributed by atoms with van der Waals surface area (Å²) in [5.74, 6) is 0.837. The van der Waals surface area contributed by atoms with E-state index in [1.54, 1.807) is 31.6 Å². The van der Waals surface area contributed by atoms with Crippen LogP contribution in [0.1, 0.15) is 44.9 Å². The van der Waals surface area contributed by atoms with Gasteiger partial charge in [-0.15, -0.1) is 0 Å². The Labute approximate surface area is 221 Å². The third kappa shape index (κ3) is 5.03. The van der Waals surface area contributed by atoms with Crippen molar-refractivity contribution in [1.29, 1.82) is 0 Å². The number of hydrogen-bond donors (Lipinski definition) is 0. The smallest absolute Gasteiger partial charge is 0.338 e. The van der Waals surface area contributed by atoms with Crippen molar-refractivity contribution in [1.82, 2.24) is 4.57 Å². The Kier molecular flexibility index (Phi) is 7.80. The molecule has 0 fully saturated rings. The summed E-state index contributed by atoms with van der Waals surface area (Å²) in [6, 6.07) is 12.4. The Hall–Kier alpha value is -3.17. The van der Waals surface area contributed by atoms with Crippen LogP contribution in [0.15, 0.2) is 68.0 Å². The lowest BCUT2D eigenvalue weighted by atomic mass is 9.96. The van der Waals surface area contributed by atoms with Gasteiger partial charge in [0.05, 0.1) is 46.1 Å². The van der Waals surface area contributed by atoms with E-state index in [4.69, 9.17) is 14.2 Å². The van der Waals surface area contributed by atoms with E-state index in [1.807, 2.05) is 56.3 Å². The highest BCUT2D eigenvalue weighted by atomic mass is 79.9. The highest BCUT2D eigenvalue weighted by Gasteiger charge is 2.33. The molecular formula is C27H27BrN2O5S. The number of fused-ring (bicyclic) bond motifs is 1. The molecule has 1 atom stereocenters. The van der Waals surface area contributed by atoms with Gasteiger partial charge >= 0.3 is 5.97 Å². The maximum atomic E-state index is 13.8. The highest BCUT2D eigenvalue weighted by Crippen LogP contribution is 2.35. The number of esters is 1. The molecule has 0 amide bonds. The zero-order valence-electron chi connectivity index (χ0n) is 20.7. The van der Waals surface area contributed by atoms with Crippen LogP contribution in [0.4, 0.5) is 0 Å². The molecule has 9 heteroatoms. The topological polar surface area (TPSA) is 79.1 Å². The minimum Gasteiger partial charge on any atom is -0.496 e. The van der Waals surface area contributed by atoms with E-state index in [9.17, 15) is 9.59 Å². The summed E-state index contributed by atoms with van der Waals surface area (Å²) in [4.78, 5) is 32.0. The van der Waals surface area contributed by atoms with Crippen molar-refractivity contribution < 1.29 is 19.0 Å². The van der Waals surface area contributed by atoms with Crippen LogP contribution in [0, 0.1) is 0 Å². The van der Waals surface area contributed by atoms with E-state index < -0.39 is 12.0 Å². The average Bonchev–Trinajstić information content (AvgIpc) is 3.13. The van der Waals surface area contributed by atoms with Crippen molar-refractivity contribution in [2.45, 2.75) is 39.8 Å². The van der Waals surface area contributed by atoms with Crippen molar-refractivity contribution >= 4 is 39.3 Å². The number of para-hydroxylation sites is 1. The summed E-state index contributed by atoms with van der Waals surface area (Å²) < 4.78 is 19.4. The molecule has 3 aromatic rings. The molecule has 0 bridgehead atoms. The number of allylic oxidation sites excluding steroid dienone is 1. The first-order valence-electron chi connectivity index (χ1n) is 11.5. The number of nitrogens with zero attached hydrogens (tertiary/aromatic N) is 2. The molecule has 0 radical (unpaired) electrons. The van der Waals surface area contributed by atoms with Crippen LogP contribution < -0.4 is 24.4 Å². The lowest BCUT2D eigenvalue weighted by molar-refractivity contribution is -0.139. The van der Waals surface area contributed by atoms with Crippen LogP contribution in [0.25, 0.3) is 6.08 Å². The van der Waals surface area contributed by atoms with E-state index in [2.05, 4.69) is 20.9 Å². The second-order valence-electron chi connectivity index (χ2n) is 8.40. The Morgan fingerprint density at radius 3 is 2.64 bits per heavy atom. The molecule has 2 heterocycles. The fourth-order valence-electron chi connectivity index (χ4n) is 4.06. The molecule has 36 heavy (non-hydrogen) atoms. The van der Waals surface area contributed by atoms with Crippen LogP contribution in [-0.2, 0) is 9.53 Å². The average molecular weight is 571 g/mol. The number of thiazole rings is 1. The molecule has 0 unspecified atom stereocenters. The van der Waals surface area contributed by atoms with Gasteiger partial charge in [0.1, 0.15) is 11.5 Å². The van der Waals surface area contributed by atoms with Crippen molar-refractivity contribution in [3.63, 3.8) is 0 Å². The van der Waals surface area contributed by atoms with Gasteiger partial charge in [0.25, 0.3) is 5.56 Å². The van der Waals surface area contributed by atoms with E-state index in [0.717, 1.165) is 11.1 Å². The molecule has 1 aromatic heterocycles. The van der Waals surface area contributed by atoms with Crippen molar-refractivity contribution in [3.05, 3.63) is 89.0 Å². The van der Waals surface area contributed by atoms with Crippen LogP contribution in [0.5, 0.6) is 11.5 Å². The van der Waals surface area contributed by atoms with E-state index in [1.165, 1.54) is 11.3 Å². The van der Waals surface area contributed by atoms with Gasteiger partial charge in [-0.1, -0.05) is 35.6 Å². The number of carbonyl (C=O) groups is 1. The second-order valence-corrected chi connectivity index (χ2v) is 10.3. The Balaban J connectivity index is 1.95. The van der Waals surface area contributed by atoms with Gasteiger partial charge < -0.3 is 14.2 Å². The number of ether oxygens (including phenoxy) is 3. The number of rotatable bonds is 7. The van der Waals surface area contributed by atoms with Gasteiger partial charge in [0.2, 0.25) is 0 Å². The largest absolute Gasteiger partial charge is 0.496 e. The molecule has 0 saturated heterocycles. The van der Waals surface area contributed by atoms with E-state index in [0.29, 0.717) is 36.6 Å². The predicted octanol–water partition coefficient (Wildman–Crippen LogP) is 4.36. The first-order valence-corrected chi connectivity index (χ1v) is 13.1. The van der Waals surface area contributed by atoms with Crippen molar-refractivity contribution in [3.8, 4) is 11.5 Å². The van der Waals surface area contributed by atoms with Gasteiger partial charge in [0.15, 0.2) is 4.80 Å². The first-order chi connectivity index (χ1) is 17.2. The molecule has 2 aromatic carbocycles. The molecular weight excluding hydrogens is 544 g/mol. The van der Waals surface area contributed by atoms with Gasteiger partial charge in [-0.2, -0.15) is 0 Å². The Morgan fingerprint density at radius 2 is 1.97 bits per heavy atom. The second kappa shape index (κ2) is 10.8. The molecule has 188 valence electrons. The molecule has 0 saturated carbocycles. The van der Waals surface area contributed by atoms with Crippen LogP contribution >= 0.6 is 27.3 Å². The molecule has 4 rings (SSSR count). The summed E-state index contributed by atoms with van der Waals surface area (Å²) in [6.07, 6.45) is 1.80. The van der Waals surface area contributed by atoms with Crippen LogP contribution in [-0.4, -0.2) is 30.4 Å². The summed E-state index contributed by atoms with van der Waals surface area (Å²) in [6.45, 7) is 7.64. The molecule has 0 spiro atoms. The molecule has 1 aliphatic heterocycles. The summed E-state index contributed by atoms with van der Waals surface area (Å²) in [7, 11) is 1.58. The van der Waals surface area contributed by atoms with Gasteiger partial charge in [-0.3, -0.25) is 9.36 Å². The van der Waals surface area contributed by atoms with Crippen LogP contribution in [0.2, 0.25) is 0 Å². The van der Waals surface area contributed by atoms with E-state index >= 15 is 0 Å². The van der Waals surface area contributed by atoms with E-state index in [-0.39, 0.29) is 18.3 Å². The highest BCUT2D eigenvalue weighted by molar-refractivity contribution is 9.10. The van der Waals surface area contributed by atoms with Crippen LogP contribution in [0.3, 0.4) is 0 Å². The Bertz CT molecular complexity index is 1520. The van der Waals surface area contributed by atoms with Crippen molar-refractivity contribution in [2.75, 3.05) is 13.7 Å². The fourth-order valence-corrected chi connectivity index (χ4v) is 5.66. The normalized spacial score (nSPS) is 15.5. The fraction of sp³-hybridized carbons (Fsp3) is 0.296. The molecule has 0 aliphatic carbocycles. The summed E-state index contributed by atoms with van der Waals surface area (Å²) in [5, 5.41) is 0. The lowest BCUT2D eigenvalue weighted by Crippen LogP contribution is -2.40. The predicted molar refractivity (Wildman–Crippen MR) is 143 cm³/mol. The molecule has 1 aliphatic rings. The number of aromatic nitrogens is 1. The number of methoxy groups -OCH3 is 1. The molecule has 0 N–H and O–H groups in total. The SMILES string of the molecule is CCOC(=O)C1=C(C)N=c2s/c(=C/c3ccccc3OC(C)C)c(=O)n2[C@@H]1c1ccc(OC)c(Br)c1.